The number of hydrogen-bond donors (Lipinski definition) is 1. The molecule has 0 bridgehead atoms. The normalized spacial score (nSPS) is 22.3. The lowest BCUT2D eigenvalue weighted by Crippen LogP contribution is -2.31. The lowest BCUT2D eigenvalue weighted by molar-refractivity contribution is -0.142. The summed E-state index contributed by atoms with van der Waals surface area (Å²) in [6, 6.07) is 4.44. The van der Waals surface area contributed by atoms with Crippen LogP contribution >= 0.6 is 0 Å². The number of hydrogen-bond acceptors (Lipinski definition) is 6. The highest BCUT2D eigenvalue weighted by molar-refractivity contribution is 7.91. The number of amides is 1. The molecule has 0 spiro atoms. The van der Waals surface area contributed by atoms with Gasteiger partial charge < -0.3 is 19.5 Å². The minimum absolute atomic E-state index is 0.0813. The van der Waals surface area contributed by atoms with Crippen LogP contribution in [0.4, 0.5) is 0 Å². The van der Waals surface area contributed by atoms with E-state index >= 15 is 0 Å². The van der Waals surface area contributed by atoms with Gasteiger partial charge in [-0.1, -0.05) is 6.92 Å². The first-order chi connectivity index (χ1) is 12.8. The Morgan fingerprint density at radius 3 is 2.56 bits per heavy atom. The molecule has 8 nitrogen and oxygen atoms in total. The Hall–Kier alpha value is -2.29. The average molecular weight is 397 g/mol. The number of aliphatic carboxylic acids is 1. The number of sulfone groups is 1. The number of carboxylic acid groups (broad SMARTS) is 1. The molecule has 0 saturated carbocycles. The molecule has 2 aliphatic rings. The van der Waals surface area contributed by atoms with Gasteiger partial charge in [0.05, 0.1) is 29.8 Å². The zero-order chi connectivity index (χ0) is 19.6. The van der Waals surface area contributed by atoms with Crippen molar-refractivity contribution in [2.24, 2.45) is 11.8 Å². The molecular weight excluding hydrogens is 374 g/mol. The number of ether oxygens (including phenoxy) is 2. The molecule has 3 rings (SSSR count). The second-order valence-electron chi connectivity index (χ2n) is 6.95. The Labute approximate surface area is 158 Å². The third kappa shape index (κ3) is 4.35. The monoisotopic (exact) mass is 397 g/mol. The minimum Gasteiger partial charge on any atom is -0.490 e. The predicted molar refractivity (Wildman–Crippen MR) is 95.6 cm³/mol. The van der Waals surface area contributed by atoms with Crippen LogP contribution in [-0.4, -0.2) is 62.4 Å². The summed E-state index contributed by atoms with van der Waals surface area (Å²) in [5.41, 5.74) is 0. The molecule has 9 heteroatoms. The van der Waals surface area contributed by atoms with Crippen LogP contribution in [0.15, 0.2) is 23.1 Å². The molecule has 1 aromatic carbocycles. The first-order valence-electron chi connectivity index (χ1n) is 8.91. The van der Waals surface area contributed by atoms with Crippen molar-refractivity contribution in [1.29, 1.82) is 0 Å². The molecule has 0 unspecified atom stereocenters. The number of nitrogens with zero attached hydrogens (tertiary/aromatic N) is 1. The molecule has 2 atom stereocenters. The molecule has 2 heterocycles. The van der Waals surface area contributed by atoms with Crippen molar-refractivity contribution in [2.75, 3.05) is 32.1 Å². The predicted octanol–water partition coefficient (Wildman–Crippen LogP) is 1.19. The molecule has 1 aromatic rings. The van der Waals surface area contributed by atoms with Crippen molar-refractivity contribution in [1.82, 2.24) is 4.90 Å². The van der Waals surface area contributed by atoms with E-state index in [2.05, 4.69) is 0 Å². The highest BCUT2D eigenvalue weighted by Gasteiger charge is 2.37. The maximum absolute atomic E-state index is 12.6. The van der Waals surface area contributed by atoms with Crippen LogP contribution in [-0.2, 0) is 19.4 Å². The zero-order valence-electron chi connectivity index (χ0n) is 15.1. The second-order valence-corrected chi connectivity index (χ2v) is 9.06. The summed E-state index contributed by atoms with van der Waals surface area (Å²) in [5.74, 6) is -1.47. The number of carbonyl (C=O) groups excluding carboxylic acids is 1. The standard InChI is InChI=1S/C18H23NO7S/c1-12-10-19(11-14(12)18(21)22)17(20)5-8-27(23,24)13-3-4-15-16(9-13)26-7-2-6-25-15/h3-4,9,12,14H,2,5-8,10-11H2,1H3,(H,21,22)/t12-,14-/m1/s1. The van der Waals surface area contributed by atoms with Crippen LogP contribution in [0.1, 0.15) is 19.8 Å². The van der Waals surface area contributed by atoms with Crippen molar-refractivity contribution >= 4 is 21.7 Å². The van der Waals surface area contributed by atoms with E-state index in [0.717, 1.165) is 6.42 Å². The molecular formula is C18H23NO7S. The Kier molecular flexibility index (Phi) is 5.59. The van der Waals surface area contributed by atoms with Gasteiger partial charge in [0, 0.05) is 32.0 Å². The van der Waals surface area contributed by atoms with Gasteiger partial charge in [0.2, 0.25) is 5.91 Å². The SMILES string of the molecule is C[C@@H]1CN(C(=O)CCS(=O)(=O)c2ccc3c(c2)OCCCO3)C[C@H]1C(=O)O. The number of benzene rings is 1. The fraction of sp³-hybridized carbons (Fsp3) is 0.556. The van der Waals surface area contributed by atoms with Gasteiger partial charge in [-0.25, -0.2) is 8.42 Å². The fourth-order valence-electron chi connectivity index (χ4n) is 3.33. The number of carboxylic acids is 1. The Balaban J connectivity index is 1.64. The molecule has 0 aliphatic carbocycles. The molecule has 2 aliphatic heterocycles. The molecule has 1 amide bonds. The van der Waals surface area contributed by atoms with E-state index in [9.17, 15) is 18.0 Å². The average Bonchev–Trinajstić information content (AvgIpc) is 2.87. The number of likely N-dealkylation sites (tertiary alicyclic amines) is 1. The number of fused-ring (bicyclic) bond motifs is 1. The summed E-state index contributed by atoms with van der Waals surface area (Å²) >= 11 is 0. The van der Waals surface area contributed by atoms with Crippen LogP contribution in [0.2, 0.25) is 0 Å². The summed E-state index contributed by atoms with van der Waals surface area (Å²) in [6.07, 6.45) is 0.534. The number of rotatable bonds is 5. The Morgan fingerprint density at radius 2 is 1.89 bits per heavy atom. The lowest BCUT2D eigenvalue weighted by atomic mass is 9.99. The van der Waals surface area contributed by atoms with E-state index in [4.69, 9.17) is 14.6 Å². The fourth-order valence-corrected chi connectivity index (χ4v) is 4.57. The maximum atomic E-state index is 12.6. The quantitative estimate of drug-likeness (QED) is 0.795. The third-order valence-electron chi connectivity index (χ3n) is 4.94. The Bertz CT molecular complexity index is 836. The molecule has 1 N–H and O–H groups in total. The number of carbonyl (C=O) groups is 2. The highest BCUT2D eigenvalue weighted by Crippen LogP contribution is 2.32. The largest absolute Gasteiger partial charge is 0.490 e. The van der Waals surface area contributed by atoms with Crippen molar-refractivity contribution in [3.63, 3.8) is 0 Å². The van der Waals surface area contributed by atoms with Gasteiger partial charge >= 0.3 is 5.97 Å². The second kappa shape index (κ2) is 7.75. The van der Waals surface area contributed by atoms with E-state index in [1.165, 1.54) is 17.0 Å². The van der Waals surface area contributed by atoms with Gasteiger partial charge in [-0.2, -0.15) is 0 Å². The van der Waals surface area contributed by atoms with E-state index < -0.39 is 21.7 Å². The summed E-state index contributed by atoms with van der Waals surface area (Å²) in [7, 11) is -3.67. The van der Waals surface area contributed by atoms with Crippen LogP contribution in [0.25, 0.3) is 0 Å². The topological polar surface area (TPSA) is 110 Å². The molecule has 27 heavy (non-hydrogen) atoms. The van der Waals surface area contributed by atoms with E-state index in [1.807, 2.05) is 0 Å². The van der Waals surface area contributed by atoms with E-state index in [0.29, 0.717) is 31.3 Å². The molecule has 1 saturated heterocycles. The molecule has 0 aromatic heterocycles. The van der Waals surface area contributed by atoms with E-state index in [-0.39, 0.29) is 35.4 Å². The molecule has 148 valence electrons. The van der Waals surface area contributed by atoms with Gasteiger partial charge in [0.25, 0.3) is 0 Å². The highest BCUT2D eigenvalue weighted by atomic mass is 32.2. The van der Waals surface area contributed by atoms with Crippen molar-refractivity contribution < 1.29 is 32.6 Å². The third-order valence-corrected chi connectivity index (χ3v) is 6.66. The summed E-state index contributed by atoms with van der Waals surface area (Å²) in [4.78, 5) is 25.0. The summed E-state index contributed by atoms with van der Waals surface area (Å²) in [6.45, 7) is 3.20. The van der Waals surface area contributed by atoms with Crippen molar-refractivity contribution in [2.45, 2.75) is 24.7 Å². The van der Waals surface area contributed by atoms with Crippen molar-refractivity contribution in [3.8, 4) is 11.5 Å². The van der Waals surface area contributed by atoms with E-state index in [1.54, 1.807) is 13.0 Å². The summed E-state index contributed by atoms with van der Waals surface area (Å²) in [5, 5.41) is 9.15. The van der Waals surface area contributed by atoms with Crippen molar-refractivity contribution in [3.05, 3.63) is 18.2 Å². The maximum Gasteiger partial charge on any atom is 0.308 e. The van der Waals surface area contributed by atoms with Crippen LogP contribution in [0.5, 0.6) is 11.5 Å². The zero-order valence-corrected chi connectivity index (χ0v) is 15.9. The Morgan fingerprint density at radius 1 is 1.19 bits per heavy atom. The van der Waals surface area contributed by atoms with Gasteiger partial charge in [0.15, 0.2) is 21.3 Å². The first kappa shape index (κ1) is 19.5. The smallest absolute Gasteiger partial charge is 0.308 e. The molecule has 0 radical (unpaired) electrons. The van der Waals surface area contributed by atoms with Crippen LogP contribution < -0.4 is 9.47 Å². The van der Waals surface area contributed by atoms with Gasteiger partial charge in [0.1, 0.15) is 0 Å². The lowest BCUT2D eigenvalue weighted by Gasteiger charge is -2.16. The molecule has 1 fully saturated rings. The van der Waals surface area contributed by atoms with Gasteiger partial charge in [-0.15, -0.1) is 0 Å². The first-order valence-corrected chi connectivity index (χ1v) is 10.6. The van der Waals surface area contributed by atoms with Gasteiger partial charge in [-0.3, -0.25) is 9.59 Å². The van der Waals surface area contributed by atoms with Crippen LogP contribution in [0.3, 0.4) is 0 Å². The minimum atomic E-state index is -3.67. The van der Waals surface area contributed by atoms with Gasteiger partial charge in [-0.05, 0) is 18.1 Å². The summed E-state index contributed by atoms with van der Waals surface area (Å²) < 4.78 is 36.2. The van der Waals surface area contributed by atoms with Crippen LogP contribution in [0, 0.1) is 11.8 Å².